The van der Waals surface area contributed by atoms with E-state index >= 15 is 0 Å². The van der Waals surface area contributed by atoms with Crippen molar-refractivity contribution in [3.63, 3.8) is 0 Å². The predicted octanol–water partition coefficient (Wildman–Crippen LogP) is 1.09. The van der Waals surface area contributed by atoms with Crippen LogP contribution in [-0.2, 0) is 6.54 Å². The highest BCUT2D eigenvalue weighted by atomic mass is 16.2. The van der Waals surface area contributed by atoms with E-state index in [-0.39, 0.29) is 17.7 Å². The Labute approximate surface area is 165 Å². The summed E-state index contributed by atoms with van der Waals surface area (Å²) >= 11 is 0. The van der Waals surface area contributed by atoms with Crippen LogP contribution in [0.25, 0.3) is 0 Å². The van der Waals surface area contributed by atoms with Crippen LogP contribution in [0.15, 0.2) is 18.5 Å². The fourth-order valence-electron chi connectivity index (χ4n) is 3.41. The number of amides is 2. The number of aryl methyl sites for hydroxylation is 1. The highest BCUT2D eigenvalue weighted by Gasteiger charge is 2.33. The molecule has 0 aromatic carbocycles. The van der Waals surface area contributed by atoms with Crippen LogP contribution in [0.3, 0.4) is 0 Å². The van der Waals surface area contributed by atoms with Gasteiger partial charge in [0.25, 0.3) is 11.8 Å². The van der Waals surface area contributed by atoms with E-state index in [9.17, 15) is 9.59 Å². The number of carbonyl (C=O) groups is 2. The van der Waals surface area contributed by atoms with Crippen LogP contribution in [0.5, 0.6) is 0 Å². The molecule has 2 aromatic rings. The van der Waals surface area contributed by atoms with Gasteiger partial charge < -0.3 is 14.7 Å². The van der Waals surface area contributed by atoms with Gasteiger partial charge >= 0.3 is 0 Å². The first-order chi connectivity index (χ1) is 13.3. The lowest BCUT2D eigenvalue weighted by Gasteiger charge is -2.20. The molecule has 1 fully saturated rings. The Morgan fingerprint density at radius 1 is 1.25 bits per heavy atom. The van der Waals surface area contributed by atoms with Crippen molar-refractivity contribution < 1.29 is 9.59 Å². The zero-order valence-corrected chi connectivity index (χ0v) is 17.1. The normalized spacial score (nSPS) is 16.3. The first-order valence-electron chi connectivity index (χ1n) is 9.40. The molecule has 150 valence electrons. The van der Waals surface area contributed by atoms with Gasteiger partial charge in [0.2, 0.25) is 5.95 Å². The Bertz CT molecular complexity index is 875. The maximum Gasteiger partial charge on any atom is 0.272 e. The number of hydrogen-bond donors (Lipinski definition) is 0. The van der Waals surface area contributed by atoms with Crippen LogP contribution >= 0.6 is 0 Å². The molecule has 1 aliphatic rings. The van der Waals surface area contributed by atoms with Crippen molar-refractivity contribution in [2.45, 2.75) is 25.8 Å². The number of hydrogen-bond acceptors (Lipinski definition) is 6. The standard InChI is InChI=1S/C19H27N7O2/c1-6-26-15(7-9-21-26)18(28)25-10-8-13(12-25)16-14(17(27)23(2)3)11-20-19(22-16)24(4)5/h7,9,11,13H,6,8,10,12H2,1-5H3. The lowest BCUT2D eigenvalue weighted by atomic mass is 9.99. The number of nitrogens with zero attached hydrogens (tertiary/aromatic N) is 7. The Morgan fingerprint density at radius 3 is 2.64 bits per heavy atom. The number of rotatable bonds is 5. The SMILES string of the molecule is CCn1nccc1C(=O)N1CCC(c2nc(N(C)C)ncc2C(=O)N(C)C)C1. The molecule has 28 heavy (non-hydrogen) atoms. The van der Waals surface area contributed by atoms with Crippen LogP contribution in [0.2, 0.25) is 0 Å². The molecule has 1 saturated heterocycles. The molecule has 0 aliphatic carbocycles. The molecule has 2 amide bonds. The van der Waals surface area contributed by atoms with Gasteiger partial charge in [-0.25, -0.2) is 9.97 Å². The minimum Gasteiger partial charge on any atom is -0.347 e. The molecule has 0 saturated carbocycles. The van der Waals surface area contributed by atoms with Gasteiger partial charge in [0.05, 0.1) is 11.3 Å². The lowest BCUT2D eigenvalue weighted by Crippen LogP contribution is -2.31. The minimum atomic E-state index is -0.130. The van der Waals surface area contributed by atoms with Gasteiger partial charge in [-0.3, -0.25) is 14.3 Å². The summed E-state index contributed by atoms with van der Waals surface area (Å²) in [6.45, 7) is 3.74. The van der Waals surface area contributed by atoms with Crippen molar-refractivity contribution in [2.75, 3.05) is 46.2 Å². The summed E-state index contributed by atoms with van der Waals surface area (Å²) in [5.41, 5.74) is 1.79. The molecule has 3 heterocycles. The van der Waals surface area contributed by atoms with Gasteiger partial charge in [-0.05, 0) is 19.4 Å². The largest absolute Gasteiger partial charge is 0.347 e. The van der Waals surface area contributed by atoms with Crippen LogP contribution in [-0.4, -0.2) is 82.6 Å². The summed E-state index contributed by atoms with van der Waals surface area (Å²) in [7, 11) is 7.15. The maximum atomic E-state index is 12.9. The van der Waals surface area contributed by atoms with Crippen LogP contribution in [0, 0.1) is 0 Å². The van der Waals surface area contributed by atoms with E-state index in [1.165, 1.54) is 4.90 Å². The number of likely N-dealkylation sites (tertiary alicyclic amines) is 1. The van der Waals surface area contributed by atoms with E-state index in [1.807, 2.05) is 30.8 Å². The lowest BCUT2D eigenvalue weighted by molar-refractivity contribution is 0.0778. The van der Waals surface area contributed by atoms with E-state index in [4.69, 9.17) is 0 Å². The number of carbonyl (C=O) groups excluding carboxylic acids is 2. The molecule has 1 aliphatic heterocycles. The van der Waals surface area contributed by atoms with Crippen molar-refractivity contribution in [1.82, 2.24) is 29.5 Å². The third-order valence-electron chi connectivity index (χ3n) is 4.94. The fourth-order valence-corrected chi connectivity index (χ4v) is 3.41. The van der Waals surface area contributed by atoms with Crippen LogP contribution in [0.4, 0.5) is 5.95 Å². The Kier molecular flexibility index (Phi) is 5.62. The molecule has 0 bridgehead atoms. The summed E-state index contributed by atoms with van der Waals surface area (Å²) in [4.78, 5) is 39.7. The molecule has 3 rings (SSSR count). The second-order valence-electron chi connectivity index (χ2n) is 7.33. The van der Waals surface area contributed by atoms with Crippen molar-refractivity contribution >= 4 is 17.8 Å². The molecule has 9 heteroatoms. The molecule has 2 aromatic heterocycles. The van der Waals surface area contributed by atoms with E-state index in [1.54, 1.807) is 37.2 Å². The zero-order valence-electron chi connectivity index (χ0n) is 17.1. The topological polar surface area (TPSA) is 87.5 Å². The molecule has 1 unspecified atom stereocenters. The third kappa shape index (κ3) is 3.69. The maximum absolute atomic E-state index is 12.9. The second-order valence-corrected chi connectivity index (χ2v) is 7.33. The van der Waals surface area contributed by atoms with Gasteiger partial charge in [-0.1, -0.05) is 0 Å². The molecule has 0 spiro atoms. The van der Waals surface area contributed by atoms with E-state index in [0.29, 0.717) is 42.5 Å². The van der Waals surface area contributed by atoms with Gasteiger partial charge in [0, 0.05) is 66.1 Å². The molecule has 0 N–H and O–H groups in total. The fraction of sp³-hybridized carbons (Fsp3) is 0.526. The highest BCUT2D eigenvalue weighted by Crippen LogP contribution is 2.30. The first-order valence-corrected chi connectivity index (χ1v) is 9.40. The average Bonchev–Trinajstić information content (AvgIpc) is 3.35. The minimum absolute atomic E-state index is 0.0115. The van der Waals surface area contributed by atoms with Crippen molar-refractivity contribution in [3.8, 4) is 0 Å². The summed E-state index contributed by atoms with van der Waals surface area (Å²) in [6.07, 6.45) is 3.99. The molecular formula is C19H27N7O2. The predicted molar refractivity (Wildman–Crippen MR) is 106 cm³/mol. The second kappa shape index (κ2) is 7.95. The van der Waals surface area contributed by atoms with E-state index in [0.717, 1.165) is 6.42 Å². The molecule has 0 radical (unpaired) electrons. The number of anilines is 1. The van der Waals surface area contributed by atoms with Gasteiger partial charge in [-0.2, -0.15) is 5.10 Å². The summed E-state index contributed by atoms with van der Waals surface area (Å²) in [6, 6.07) is 1.75. The van der Waals surface area contributed by atoms with E-state index in [2.05, 4.69) is 15.1 Å². The third-order valence-corrected chi connectivity index (χ3v) is 4.94. The van der Waals surface area contributed by atoms with Gasteiger partial charge in [0.1, 0.15) is 5.69 Å². The van der Waals surface area contributed by atoms with Gasteiger partial charge in [0.15, 0.2) is 0 Å². The van der Waals surface area contributed by atoms with Crippen molar-refractivity contribution in [3.05, 3.63) is 35.4 Å². The Morgan fingerprint density at radius 2 is 2.00 bits per heavy atom. The summed E-state index contributed by atoms with van der Waals surface area (Å²) < 4.78 is 1.70. The summed E-state index contributed by atoms with van der Waals surface area (Å²) in [5, 5.41) is 4.18. The van der Waals surface area contributed by atoms with E-state index < -0.39 is 0 Å². The van der Waals surface area contributed by atoms with Gasteiger partial charge in [-0.15, -0.1) is 0 Å². The molecule has 1 atom stereocenters. The monoisotopic (exact) mass is 385 g/mol. The Balaban J connectivity index is 1.88. The highest BCUT2D eigenvalue weighted by molar-refractivity contribution is 5.95. The number of aromatic nitrogens is 4. The Hall–Kier alpha value is -2.97. The van der Waals surface area contributed by atoms with Crippen molar-refractivity contribution in [2.24, 2.45) is 0 Å². The average molecular weight is 385 g/mol. The molecule has 9 nitrogen and oxygen atoms in total. The summed E-state index contributed by atoms with van der Waals surface area (Å²) in [5.74, 6) is 0.375. The molecular weight excluding hydrogens is 358 g/mol. The van der Waals surface area contributed by atoms with Crippen LogP contribution in [0.1, 0.15) is 45.8 Å². The zero-order chi connectivity index (χ0) is 20.4. The van der Waals surface area contributed by atoms with Crippen LogP contribution < -0.4 is 4.90 Å². The quantitative estimate of drug-likeness (QED) is 0.766. The smallest absolute Gasteiger partial charge is 0.272 e. The van der Waals surface area contributed by atoms with Crippen molar-refractivity contribution in [1.29, 1.82) is 0 Å². The first kappa shape index (κ1) is 19.8.